The number of anilines is 1. The van der Waals surface area contributed by atoms with Crippen molar-refractivity contribution in [2.24, 2.45) is 4.99 Å². The second kappa shape index (κ2) is 7.54. The number of amidine groups is 1. The summed E-state index contributed by atoms with van der Waals surface area (Å²) in [6, 6.07) is 14.7. The Morgan fingerprint density at radius 1 is 1.14 bits per heavy atom. The first-order valence-electron chi connectivity index (χ1n) is 8.90. The number of hydrogen-bond acceptors (Lipinski definition) is 4. The van der Waals surface area contributed by atoms with Crippen molar-refractivity contribution in [1.82, 2.24) is 0 Å². The standard InChI is InChI=1S/C20H19ClN2O3S2/c1-13-2-4-14(5-3-13)10-19(24)22-20-23(16-8-6-15(21)7-9-16)17-11-28(25,26)12-18(17)27-20/h2-9,17-18H,10-12H2,1H3/t17-,18-/m1/s1. The van der Waals surface area contributed by atoms with Gasteiger partial charge in [0.1, 0.15) is 0 Å². The lowest BCUT2D eigenvalue weighted by atomic mass is 10.1. The molecule has 2 aliphatic rings. The van der Waals surface area contributed by atoms with Gasteiger partial charge in [0.25, 0.3) is 5.91 Å². The molecule has 0 aromatic heterocycles. The molecule has 146 valence electrons. The van der Waals surface area contributed by atoms with Crippen LogP contribution in [0.1, 0.15) is 11.1 Å². The van der Waals surface area contributed by atoms with E-state index in [9.17, 15) is 13.2 Å². The molecular formula is C20H19ClN2O3S2. The predicted molar refractivity (Wildman–Crippen MR) is 115 cm³/mol. The number of aliphatic imine (C=N–C) groups is 1. The summed E-state index contributed by atoms with van der Waals surface area (Å²) in [4.78, 5) is 18.8. The Kier molecular flexibility index (Phi) is 5.24. The Bertz CT molecular complexity index is 1030. The lowest BCUT2D eigenvalue weighted by Crippen LogP contribution is -2.37. The zero-order valence-electron chi connectivity index (χ0n) is 15.2. The highest BCUT2D eigenvalue weighted by molar-refractivity contribution is 8.16. The fraction of sp³-hybridized carbons (Fsp3) is 0.300. The molecule has 0 N–H and O–H groups in total. The summed E-state index contributed by atoms with van der Waals surface area (Å²) in [7, 11) is -3.09. The van der Waals surface area contributed by atoms with E-state index in [1.165, 1.54) is 11.8 Å². The number of fused-ring (bicyclic) bond motifs is 1. The van der Waals surface area contributed by atoms with Gasteiger partial charge in [0.05, 0.1) is 24.0 Å². The van der Waals surface area contributed by atoms with Crippen LogP contribution in [0.15, 0.2) is 53.5 Å². The Morgan fingerprint density at radius 2 is 1.82 bits per heavy atom. The van der Waals surface area contributed by atoms with Gasteiger partial charge >= 0.3 is 0 Å². The number of hydrogen-bond donors (Lipinski definition) is 0. The maximum Gasteiger partial charge on any atom is 0.252 e. The van der Waals surface area contributed by atoms with E-state index in [1.54, 1.807) is 12.1 Å². The van der Waals surface area contributed by atoms with Crippen LogP contribution in [0.25, 0.3) is 0 Å². The summed E-state index contributed by atoms with van der Waals surface area (Å²) in [5.41, 5.74) is 2.84. The third kappa shape index (κ3) is 4.11. The third-order valence-corrected chi connectivity index (χ3v) is 8.33. The Morgan fingerprint density at radius 3 is 2.50 bits per heavy atom. The number of benzene rings is 2. The molecular weight excluding hydrogens is 416 g/mol. The first-order valence-corrected chi connectivity index (χ1v) is 12.0. The Labute approximate surface area is 173 Å². The minimum atomic E-state index is -3.09. The Hall–Kier alpha value is -1.83. The van der Waals surface area contributed by atoms with Crippen LogP contribution in [0.3, 0.4) is 0 Å². The molecule has 2 aromatic carbocycles. The third-order valence-electron chi connectivity index (χ3n) is 4.87. The van der Waals surface area contributed by atoms with Gasteiger partial charge in [-0.2, -0.15) is 4.99 Å². The van der Waals surface area contributed by atoms with Crippen molar-refractivity contribution in [3.05, 3.63) is 64.7 Å². The molecule has 0 aliphatic carbocycles. The van der Waals surface area contributed by atoms with E-state index in [0.717, 1.165) is 16.8 Å². The van der Waals surface area contributed by atoms with E-state index < -0.39 is 9.84 Å². The number of sulfone groups is 1. The second-order valence-electron chi connectivity index (χ2n) is 7.10. The minimum Gasteiger partial charge on any atom is -0.316 e. The van der Waals surface area contributed by atoms with E-state index in [4.69, 9.17) is 11.6 Å². The summed E-state index contributed by atoms with van der Waals surface area (Å²) in [5, 5.41) is 1.04. The van der Waals surface area contributed by atoms with Gasteiger partial charge in [0, 0.05) is 16.0 Å². The van der Waals surface area contributed by atoms with Crippen LogP contribution in [-0.4, -0.2) is 42.3 Å². The predicted octanol–water partition coefficient (Wildman–Crippen LogP) is 3.49. The number of aryl methyl sites for hydroxylation is 1. The van der Waals surface area contributed by atoms with E-state index >= 15 is 0 Å². The van der Waals surface area contributed by atoms with Crippen molar-refractivity contribution in [2.75, 3.05) is 16.4 Å². The molecule has 1 amide bonds. The summed E-state index contributed by atoms with van der Waals surface area (Å²) >= 11 is 7.37. The number of thioether (sulfide) groups is 1. The van der Waals surface area contributed by atoms with Crippen LogP contribution in [0.5, 0.6) is 0 Å². The van der Waals surface area contributed by atoms with E-state index in [-0.39, 0.29) is 35.1 Å². The number of rotatable bonds is 3. The normalized spacial score (nSPS) is 24.5. The topological polar surface area (TPSA) is 66.8 Å². The zero-order valence-corrected chi connectivity index (χ0v) is 17.6. The summed E-state index contributed by atoms with van der Waals surface area (Å²) in [6.45, 7) is 2.00. The molecule has 2 aromatic rings. The van der Waals surface area contributed by atoms with Crippen LogP contribution in [-0.2, 0) is 21.1 Å². The fourth-order valence-corrected chi connectivity index (χ4v) is 7.55. The van der Waals surface area contributed by atoms with Crippen molar-refractivity contribution in [3.63, 3.8) is 0 Å². The molecule has 0 spiro atoms. The number of carbonyl (C=O) groups excluding carboxylic acids is 1. The van der Waals surface area contributed by atoms with E-state index in [0.29, 0.717) is 10.2 Å². The van der Waals surface area contributed by atoms with Gasteiger partial charge in [-0.1, -0.05) is 53.2 Å². The summed E-state index contributed by atoms with van der Waals surface area (Å²) in [6.07, 6.45) is 0.215. The van der Waals surface area contributed by atoms with Crippen molar-refractivity contribution < 1.29 is 13.2 Å². The molecule has 0 radical (unpaired) electrons. The molecule has 5 nitrogen and oxygen atoms in total. The average Bonchev–Trinajstić information content (AvgIpc) is 3.09. The lowest BCUT2D eigenvalue weighted by Gasteiger charge is -2.24. The van der Waals surface area contributed by atoms with Crippen LogP contribution < -0.4 is 4.90 Å². The molecule has 2 fully saturated rings. The molecule has 2 saturated heterocycles. The van der Waals surface area contributed by atoms with Gasteiger partial charge in [-0.25, -0.2) is 8.42 Å². The zero-order chi connectivity index (χ0) is 19.9. The smallest absolute Gasteiger partial charge is 0.252 e. The van der Waals surface area contributed by atoms with Crippen molar-refractivity contribution in [1.29, 1.82) is 0 Å². The summed E-state index contributed by atoms with van der Waals surface area (Å²) in [5.74, 6) is -0.0658. The van der Waals surface area contributed by atoms with Gasteiger partial charge < -0.3 is 4.90 Å². The van der Waals surface area contributed by atoms with E-state index in [2.05, 4.69) is 4.99 Å². The maximum absolute atomic E-state index is 12.6. The first-order chi connectivity index (χ1) is 13.3. The van der Waals surface area contributed by atoms with Crippen molar-refractivity contribution in [3.8, 4) is 0 Å². The monoisotopic (exact) mass is 434 g/mol. The summed E-state index contributed by atoms with van der Waals surface area (Å²) < 4.78 is 24.2. The molecule has 28 heavy (non-hydrogen) atoms. The van der Waals surface area contributed by atoms with Gasteiger partial charge in [0.2, 0.25) is 0 Å². The minimum absolute atomic E-state index is 0.0679. The van der Waals surface area contributed by atoms with Crippen molar-refractivity contribution >= 4 is 50.0 Å². The molecule has 0 bridgehead atoms. The van der Waals surface area contributed by atoms with Crippen LogP contribution in [0, 0.1) is 6.92 Å². The van der Waals surface area contributed by atoms with Gasteiger partial charge in [0.15, 0.2) is 15.0 Å². The second-order valence-corrected chi connectivity index (χ2v) is 10.9. The molecule has 2 aliphatic heterocycles. The highest BCUT2D eigenvalue weighted by Crippen LogP contribution is 2.41. The Balaban J connectivity index is 1.62. The highest BCUT2D eigenvalue weighted by atomic mass is 35.5. The highest BCUT2D eigenvalue weighted by Gasteiger charge is 2.49. The number of nitrogens with zero attached hydrogens (tertiary/aromatic N) is 2. The molecule has 4 rings (SSSR count). The van der Waals surface area contributed by atoms with E-state index in [1.807, 2.05) is 48.2 Å². The quantitative estimate of drug-likeness (QED) is 0.739. The maximum atomic E-state index is 12.6. The van der Waals surface area contributed by atoms with Gasteiger partial charge in [-0.3, -0.25) is 4.79 Å². The number of amides is 1. The van der Waals surface area contributed by atoms with Crippen LogP contribution >= 0.6 is 23.4 Å². The van der Waals surface area contributed by atoms with Crippen molar-refractivity contribution in [2.45, 2.75) is 24.6 Å². The largest absolute Gasteiger partial charge is 0.316 e. The van der Waals surface area contributed by atoms with Crippen LogP contribution in [0.4, 0.5) is 5.69 Å². The fourth-order valence-electron chi connectivity index (χ4n) is 3.49. The molecule has 0 unspecified atom stereocenters. The number of carbonyl (C=O) groups is 1. The van der Waals surface area contributed by atoms with Gasteiger partial charge in [-0.15, -0.1) is 0 Å². The average molecular weight is 435 g/mol. The number of halogens is 1. The molecule has 2 atom stereocenters. The lowest BCUT2D eigenvalue weighted by molar-refractivity contribution is -0.117. The van der Waals surface area contributed by atoms with Crippen LogP contribution in [0.2, 0.25) is 5.02 Å². The molecule has 2 heterocycles. The molecule has 0 saturated carbocycles. The van der Waals surface area contributed by atoms with Gasteiger partial charge in [-0.05, 0) is 36.8 Å². The SMILES string of the molecule is Cc1ccc(CC(=O)N=C2S[C@@H]3CS(=O)(=O)C[C@H]3N2c2ccc(Cl)cc2)cc1. The molecule has 8 heteroatoms. The first kappa shape index (κ1) is 19.5.